The highest BCUT2D eigenvalue weighted by molar-refractivity contribution is 9.11. The third-order valence-corrected chi connectivity index (χ3v) is 5.70. The molecule has 0 spiro atoms. The molecule has 5 heteroatoms. The summed E-state index contributed by atoms with van der Waals surface area (Å²) in [4.78, 5) is 11.7. The van der Waals surface area contributed by atoms with E-state index in [0.29, 0.717) is 5.92 Å². The Hall–Kier alpha value is -0.230. The molecule has 0 amide bonds. The van der Waals surface area contributed by atoms with Gasteiger partial charge in [-0.1, -0.05) is 0 Å². The van der Waals surface area contributed by atoms with Crippen LogP contribution < -0.4 is 5.43 Å². The average molecular weight is 315 g/mol. The minimum Gasteiger partial charge on any atom is -0.297 e. The van der Waals surface area contributed by atoms with E-state index in [1.54, 1.807) is 11.3 Å². The van der Waals surface area contributed by atoms with Crippen molar-refractivity contribution in [1.29, 1.82) is 0 Å². The standard InChI is InChI=1S/C12H15BrN2OS/c13-12-10(5-9(7-16)17-12)11-6-14-15-3-1-8(11)2-4-15/h5,7-8,11,14H,1-4,6H2. The van der Waals surface area contributed by atoms with Crippen LogP contribution in [0.1, 0.15) is 34.0 Å². The third kappa shape index (κ3) is 2.21. The van der Waals surface area contributed by atoms with Crippen molar-refractivity contribution in [2.75, 3.05) is 19.6 Å². The van der Waals surface area contributed by atoms with Gasteiger partial charge in [0.05, 0.1) is 8.66 Å². The quantitative estimate of drug-likeness (QED) is 0.852. The van der Waals surface area contributed by atoms with Crippen LogP contribution in [0.25, 0.3) is 0 Å². The van der Waals surface area contributed by atoms with Gasteiger partial charge in [-0.25, -0.2) is 5.01 Å². The molecule has 3 aliphatic heterocycles. The number of hydrogen-bond donors (Lipinski definition) is 1. The van der Waals surface area contributed by atoms with E-state index in [1.807, 2.05) is 0 Å². The lowest BCUT2D eigenvalue weighted by atomic mass is 9.82. The van der Waals surface area contributed by atoms with Crippen molar-refractivity contribution in [3.8, 4) is 0 Å². The highest BCUT2D eigenvalue weighted by Gasteiger charge is 2.33. The SMILES string of the molecule is O=Cc1cc(C2CNN3CCC2CC3)c(Br)s1. The summed E-state index contributed by atoms with van der Waals surface area (Å²) in [6, 6.07) is 2.06. The number of hydrogen-bond acceptors (Lipinski definition) is 4. The Kier molecular flexibility index (Phi) is 3.34. The van der Waals surface area contributed by atoms with Crippen molar-refractivity contribution in [2.24, 2.45) is 5.92 Å². The van der Waals surface area contributed by atoms with Crippen molar-refractivity contribution in [3.63, 3.8) is 0 Å². The Balaban J connectivity index is 1.91. The topological polar surface area (TPSA) is 32.3 Å². The molecular formula is C12H15BrN2OS. The number of fused-ring (bicyclic) bond motifs is 4. The number of carbonyl (C=O) groups excluding carboxylic acids is 1. The molecule has 17 heavy (non-hydrogen) atoms. The first-order valence-corrected chi connectivity index (χ1v) is 7.61. The lowest BCUT2D eigenvalue weighted by Gasteiger charge is -2.28. The maximum Gasteiger partial charge on any atom is 0.160 e. The molecule has 3 nitrogen and oxygen atoms in total. The monoisotopic (exact) mass is 314 g/mol. The summed E-state index contributed by atoms with van der Waals surface area (Å²) in [6.07, 6.45) is 3.47. The van der Waals surface area contributed by atoms with Crippen molar-refractivity contribution in [3.05, 3.63) is 20.3 Å². The van der Waals surface area contributed by atoms with Gasteiger partial charge in [0.2, 0.25) is 0 Å². The number of aldehydes is 1. The van der Waals surface area contributed by atoms with Gasteiger partial charge in [-0.3, -0.25) is 10.2 Å². The molecule has 92 valence electrons. The van der Waals surface area contributed by atoms with Crippen molar-refractivity contribution in [2.45, 2.75) is 18.8 Å². The van der Waals surface area contributed by atoms with Gasteiger partial charge in [0.15, 0.2) is 6.29 Å². The minimum atomic E-state index is 0.543. The fraction of sp³-hybridized carbons (Fsp3) is 0.583. The van der Waals surface area contributed by atoms with E-state index in [0.717, 1.165) is 40.5 Å². The molecule has 1 N–H and O–H groups in total. The van der Waals surface area contributed by atoms with Crippen molar-refractivity contribution < 1.29 is 4.79 Å². The maximum absolute atomic E-state index is 10.8. The van der Waals surface area contributed by atoms with E-state index in [4.69, 9.17) is 0 Å². The molecule has 0 radical (unpaired) electrons. The first-order valence-electron chi connectivity index (χ1n) is 6.01. The number of piperidine rings is 1. The van der Waals surface area contributed by atoms with Gasteiger partial charge in [0.1, 0.15) is 0 Å². The third-order valence-electron chi connectivity index (χ3n) is 3.89. The van der Waals surface area contributed by atoms with Crippen LogP contribution in [0.5, 0.6) is 0 Å². The summed E-state index contributed by atoms with van der Waals surface area (Å²) in [6.45, 7) is 3.31. The number of thiophene rings is 1. The predicted octanol–water partition coefficient (Wildman–Crippen LogP) is 2.64. The van der Waals surface area contributed by atoms with Crippen LogP contribution in [0.4, 0.5) is 0 Å². The van der Waals surface area contributed by atoms with Crippen molar-refractivity contribution >= 4 is 33.6 Å². The van der Waals surface area contributed by atoms with Crippen molar-refractivity contribution in [1.82, 2.24) is 10.4 Å². The molecule has 1 unspecified atom stereocenters. The normalized spacial score (nSPS) is 32.4. The molecular weight excluding hydrogens is 300 g/mol. The second kappa shape index (κ2) is 4.80. The number of halogens is 1. The van der Waals surface area contributed by atoms with Gasteiger partial charge in [0, 0.05) is 25.6 Å². The molecule has 3 saturated heterocycles. The van der Waals surface area contributed by atoms with Crippen LogP contribution in [-0.2, 0) is 0 Å². The second-order valence-electron chi connectivity index (χ2n) is 4.79. The van der Waals surface area contributed by atoms with Crippen LogP contribution in [0.2, 0.25) is 0 Å². The van der Waals surface area contributed by atoms with Gasteiger partial charge in [-0.05, 0) is 46.3 Å². The predicted molar refractivity (Wildman–Crippen MR) is 72.4 cm³/mol. The number of hydrazine groups is 1. The van der Waals surface area contributed by atoms with Gasteiger partial charge in [0.25, 0.3) is 0 Å². The van der Waals surface area contributed by atoms with Crippen LogP contribution in [-0.4, -0.2) is 30.9 Å². The molecule has 0 saturated carbocycles. The average Bonchev–Trinajstić information content (AvgIpc) is 2.54. The highest BCUT2D eigenvalue weighted by Crippen LogP contribution is 2.40. The van der Waals surface area contributed by atoms with Gasteiger partial charge in [-0.2, -0.15) is 0 Å². The molecule has 0 aromatic carbocycles. The molecule has 0 aliphatic carbocycles. The van der Waals surface area contributed by atoms with Crippen LogP contribution >= 0.6 is 27.3 Å². The molecule has 1 aromatic rings. The molecule has 3 fully saturated rings. The molecule has 4 rings (SSSR count). The van der Waals surface area contributed by atoms with Crippen LogP contribution in [0.3, 0.4) is 0 Å². The van der Waals surface area contributed by atoms with E-state index >= 15 is 0 Å². The Labute approximate surface area is 113 Å². The molecule has 2 bridgehead atoms. The molecule has 4 heterocycles. The summed E-state index contributed by atoms with van der Waals surface area (Å²) < 4.78 is 1.13. The second-order valence-corrected chi connectivity index (χ2v) is 7.19. The van der Waals surface area contributed by atoms with E-state index in [-0.39, 0.29) is 0 Å². The minimum absolute atomic E-state index is 0.543. The lowest BCUT2D eigenvalue weighted by molar-refractivity contribution is 0.112. The Morgan fingerprint density at radius 3 is 2.88 bits per heavy atom. The number of carbonyl (C=O) groups is 1. The number of nitrogens with zero attached hydrogens (tertiary/aromatic N) is 1. The highest BCUT2D eigenvalue weighted by atomic mass is 79.9. The van der Waals surface area contributed by atoms with Crippen LogP contribution in [0, 0.1) is 5.92 Å². The van der Waals surface area contributed by atoms with E-state index in [1.165, 1.54) is 18.4 Å². The van der Waals surface area contributed by atoms with E-state index < -0.39 is 0 Å². The molecule has 3 aliphatic rings. The van der Waals surface area contributed by atoms with Crippen LogP contribution in [0.15, 0.2) is 9.85 Å². The Morgan fingerprint density at radius 1 is 1.47 bits per heavy atom. The number of rotatable bonds is 2. The fourth-order valence-electron chi connectivity index (χ4n) is 2.93. The molecule has 1 aromatic heterocycles. The summed E-state index contributed by atoms with van der Waals surface area (Å²) in [5.74, 6) is 1.30. The summed E-state index contributed by atoms with van der Waals surface area (Å²) in [5.41, 5.74) is 4.82. The van der Waals surface area contributed by atoms with E-state index in [9.17, 15) is 4.79 Å². The first kappa shape index (κ1) is 11.8. The van der Waals surface area contributed by atoms with Gasteiger partial charge >= 0.3 is 0 Å². The smallest absolute Gasteiger partial charge is 0.160 e. The zero-order valence-electron chi connectivity index (χ0n) is 9.49. The summed E-state index contributed by atoms with van der Waals surface area (Å²) in [7, 11) is 0. The van der Waals surface area contributed by atoms with E-state index in [2.05, 4.69) is 32.4 Å². The van der Waals surface area contributed by atoms with Gasteiger partial charge in [-0.15, -0.1) is 11.3 Å². The van der Waals surface area contributed by atoms with Gasteiger partial charge < -0.3 is 0 Å². The first-order chi connectivity index (χ1) is 8.28. The summed E-state index contributed by atoms with van der Waals surface area (Å²) >= 11 is 5.16. The largest absolute Gasteiger partial charge is 0.297 e. The Bertz CT molecular complexity index is 426. The Morgan fingerprint density at radius 2 is 2.24 bits per heavy atom. The molecule has 1 atom stereocenters. The fourth-order valence-corrected chi connectivity index (χ4v) is 4.67. The summed E-state index contributed by atoms with van der Waals surface area (Å²) in [5, 5.41) is 2.33. The zero-order valence-corrected chi connectivity index (χ0v) is 11.9. The number of nitrogens with one attached hydrogen (secondary N) is 1. The lowest BCUT2D eigenvalue weighted by Crippen LogP contribution is -2.39. The zero-order chi connectivity index (χ0) is 11.8. The maximum atomic E-state index is 10.8.